The fourth-order valence-electron chi connectivity index (χ4n) is 3.76. The topological polar surface area (TPSA) is 59.2 Å². The predicted molar refractivity (Wildman–Crippen MR) is 92.5 cm³/mol. The van der Waals surface area contributed by atoms with E-state index in [1.54, 1.807) is 11.3 Å². The van der Waals surface area contributed by atoms with Crippen LogP contribution < -0.4 is 5.73 Å². The summed E-state index contributed by atoms with van der Waals surface area (Å²) in [6.07, 6.45) is 2.18. The van der Waals surface area contributed by atoms with Gasteiger partial charge in [0.1, 0.15) is 5.69 Å². The Hall–Kier alpha value is -1.72. The average Bonchev–Trinajstić information content (AvgIpc) is 3.02. The monoisotopic (exact) mass is 327 g/mol. The van der Waals surface area contributed by atoms with Gasteiger partial charge < -0.3 is 10.6 Å². The Balaban J connectivity index is 1.73. The Morgan fingerprint density at radius 2 is 2.22 bits per heavy atom. The standard InChI is InChI=1S/C18H21N3OS/c1-10-4-3-5-12(6-10)17-16(20-11(2)23-17)18(22)21-14(9-19)7-13-8-15(13)21/h3-6,13-15H,7-9,19H2,1-2H3/t13-,14+,15+/m1/s1. The van der Waals surface area contributed by atoms with E-state index < -0.39 is 0 Å². The van der Waals surface area contributed by atoms with Gasteiger partial charge in [-0.1, -0.05) is 29.8 Å². The number of rotatable bonds is 3. The zero-order valence-corrected chi connectivity index (χ0v) is 14.3. The van der Waals surface area contributed by atoms with Gasteiger partial charge in [-0.2, -0.15) is 0 Å². The third-order valence-electron chi connectivity index (χ3n) is 4.93. The maximum atomic E-state index is 13.2. The molecule has 2 aromatic rings. The Kier molecular flexibility index (Phi) is 3.50. The van der Waals surface area contributed by atoms with Gasteiger partial charge >= 0.3 is 0 Å². The molecule has 4 nitrogen and oxygen atoms in total. The first-order valence-electron chi connectivity index (χ1n) is 8.15. The Morgan fingerprint density at radius 1 is 1.39 bits per heavy atom. The number of nitrogens with two attached hydrogens (primary N) is 1. The van der Waals surface area contributed by atoms with Gasteiger partial charge in [-0.3, -0.25) is 4.79 Å². The highest BCUT2D eigenvalue weighted by Crippen LogP contribution is 2.48. The first kappa shape index (κ1) is 14.8. The zero-order chi connectivity index (χ0) is 16.1. The van der Waals surface area contributed by atoms with Gasteiger partial charge in [0.05, 0.1) is 9.88 Å². The molecule has 2 heterocycles. The van der Waals surface area contributed by atoms with Crippen molar-refractivity contribution in [3.05, 3.63) is 40.5 Å². The summed E-state index contributed by atoms with van der Waals surface area (Å²) in [7, 11) is 0. The highest BCUT2D eigenvalue weighted by atomic mass is 32.1. The Morgan fingerprint density at radius 3 is 2.96 bits per heavy atom. The lowest BCUT2D eigenvalue weighted by Crippen LogP contribution is -2.42. The van der Waals surface area contributed by atoms with E-state index in [0.717, 1.165) is 28.3 Å². The van der Waals surface area contributed by atoms with Gasteiger partial charge in [0.2, 0.25) is 0 Å². The lowest BCUT2D eigenvalue weighted by atomic mass is 10.1. The molecule has 0 radical (unpaired) electrons. The zero-order valence-electron chi connectivity index (χ0n) is 13.5. The molecule has 0 bridgehead atoms. The normalized spacial score (nSPS) is 25.5. The number of hydrogen-bond donors (Lipinski definition) is 1. The van der Waals surface area contributed by atoms with E-state index in [1.807, 2.05) is 17.9 Å². The minimum absolute atomic E-state index is 0.0614. The van der Waals surface area contributed by atoms with Crippen molar-refractivity contribution in [2.75, 3.05) is 6.54 Å². The van der Waals surface area contributed by atoms with Crippen molar-refractivity contribution in [2.24, 2.45) is 11.7 Å². The molecule has 1 aliphatic carbocycles. The minimum atomic E-state index is 0.0614. The molecule has 2 fully saturated rings. The molecule has 4 rings (SSSR count). The molecule has 1 aromatic heterocycles. The molecule has 120 valence electrons. The van der Waals surface area contributed by atoms with Crippen LogP contribution >= 0.6 is 11.3 Å². The second-order valence-electron chi connectivity index (χ2n) is 6.68. The number of benzene rings is 1. The first-order chi connectivity index (χ1) is 11.1. The van der Waals surface area contributed by atoms with Gasteiger partial charge in [0.25, 0.3) is 5.91 Å². The van der Waals surface area contributed by atoms with Crippen LogP contribution in [0.5, 0.6) is 0 Å². The van der Waals surface area contributed by atoms with Crippen molar-refractivity contribution in [3.8, 4) is 10.4 Å². The molecule has 0 spiro atoms. The number of aryl methyl sites for hydroxylation is 2. The van der Waals surface area contributed by atoms with Crippen molar-refractivity contribution in [2.45, 2.75) is 38.8 Å². The molecule has 1 aromatic carbocycles. The summed E-state index contributed by atoms with van der Waals surface area (Å²) in [4.78, 5) is 20.7. The smallest absolute Gasteiger partial charge is 0.274 e. The SMILES string of the molecule is Cc1cccc(-c2sc(C)nc2C(=O)N2[C@H](CN)C[C@@H]3C[C@@H]32)c1. The first-order valence-corrected chi connectivity index (χ1v) is 8.97. The van der Waals surface area contributed by atoms with E-state index >= 15 is 0 Å². The Bertz CT molecular complexity index is 769. The minimum Gasteiger partial charge on any atom is -0.330 e. The second kappa shape index (κ2) is 5.42. The van der Waals surface area contributed by atoms with Gasteiger partial charge in [0.15, 0.2) is 0 Å². The summed E-state index contributed by atoms with van der Waals surface area (Å²) in [6.45, 7) is 4.57. The molecular formula is C18H21N3OS. The van der Waals surface area contributed by atoms with E-state index in [1.165, 1.54) is 5.56 Å². The summed E-state index contributed by atoms with van der Waals surface area (Å²) >= 11 is 1.60. The van der Waals surface area contributed by atoms with Crippen molar-refractivity contribution in [3.63, 3.8) is 0 Å². The lowest BCUT2D eigenvalue weighted by molar-refractivity contribution is 0.0701. The van der Waals surface area contributed by atoms with Crippen LogP contribution in [0.1, 0.15) is 33.9 Å². The molecule has 1 saturated heterocycles. The average molecular weight is 327 g/mol. The number of amides is 1. The van der Waals surface area contributed by atoms with E-state index in [0.29, 0.717) is 24.2 Å². The molecule has 2 aliphatic rings. The number of piperidine rings is 1. The van der Waals surface area contributed by atoms with Crippen molar-refractivity contribution in [1.29, 1.82) is 0 Å². The summed E-state index contributed by atoms with van der Waals surface area (Å²) in [5.41, 5.74) is 8.75. The van der Waals surface area contributed by atoms with E-state index in [9.17, 15) is 4.79 Å². The highest BCUT2D eigenvalue weighted by molar-refractivity contribution is 7.15. The largest absolute Gasteiger partial charge is 0.330 e. The quantitative estimate of drug-likeness (QED) is 0.943. The Labute approximate surface area is 140 Å². The van der Waals surface area contributed by atoms with Gasteiger partial charge in [0, 0.05) is 18.6 Å². The van der Waals surface area contributed by atoms with Gasteiger partial charge in [-0.25, -0.2) is 4.98 Å². The van der Waals surface area contributed by atoms with Crippen LogP contribution in [-0.4, -0.2) is 34.4 Å². The van der Waals surface area contributed by atoms with E-state index in [4.69, 9.17) is 5.73 Å². The number of aromatic nitrogens is 1. The number of nitrogens with zero attached hydrogens (tertiary/aromatic N) is 2. The van der Waals surface area contributed by atoms with Crippen LogP contribution in [0.4, 0.5) is 0 Å². The third kappa shape index (κ3) is 2.48. The summed E-state index contributed by atoms with van der Waals surface area (Å²) in [6, 6.07) is 8.85. The maximum absolute atomic E-state index is 13.2. The molecule has 2 N–H and O–H groups in total. The fourth-order valence-corrected chi connectivity index (χ4v) is 4.67. The molecule has 1 saturated carbocycles. The van der Waals surface area contributed by atoms with E-state index in [-0.39, 0.29) is 11.9 Å². The van der Waals surface area contributed by atoms with Crippen LogP contribution in [0, 0.1) is 19.8 Å². The van der Waals surface area contributed by atoms with Crippen molar-refractivity contribution < 1.29 is 4.79 Å². The van der Waals surface area contributed by atoms with E-state index in [2.05, 4.69) is 30.1 Å². The van der Waals surface area contributed by atoms with Crippen LogP contribution in [0.3, 0.4) is 0 Å². The number of carbonyl (C=O) groups excluding carboxylic acids is 1. The van der Waals surface area contributed by atoms with Crippen molar-refractivity contribution >= 4 is 17.2 Å². The van der Waals surface area contributed by atoms with Crippen LogP contribution in [0.25, 0.3) is 10.4 Å². The number of likely N-dealkylation sites (tertiary alicyclic amines) is 1. The van der Waals surface area contributed by atoms with Crippen LogP contribution in [-0.2, 0) is 0 Å². The second-order valence-corrected chi connectivity index (χ2v) is 7.88. The molecule has 3 atom stereocenters. The summed E-state index contributed by atoms with van der Waals surface area (Å²) in [5, 5.41) is 0.931. The fraction of sp³-hybridized carbons (Fsp3) is 0.444. The molecule has 23 heavy (non-hydrogen) atoms. The third-order valence-corrected chi connectivity index (χ3v) is 5.95. The summed E-state index contributed by atoms with van der Waals surface area (Å²) in [5.74, 6) is 0.723. The predicted octanol–water partition coefficient (Wildman–Crippen LogP) is 2.99. The summed E-state index contributed by atoms with van der Waals surface area (Å²) < 4.78 is 0. The number of thiazole rings is 1. The molecule has 1 amide bonds. The van der Waals surface area contributed by atoms with Crippen LogP contribution in [0.15, 0.2) is 24.3 Å². The van der Waals surface area contributed by atoms with Gasteiger partial charge in [-0.05, 0) is 38.2 Å². The highest BCUT2D eigenvalue weighted by Gasteiger charge is 2.54. The molecule has 5 heteroatoms. The number of hydrogen-bond acceptors (Lipinski definition) is 4. The molecule has 1 aliphatic heterocycles. The maximum Gasteiger partial charge on any atom is 0.274 e. The number of fused-ring (bicyclic) bond motifs is 1. The van der Waals surface area contributed by atoms with Crippen LogP contribution in [0.2, 0.25) is 0 Å². The number of carbonyl (C=O) groups is 1. The lowest BCUT2D eigenvalue weighted by Gasteiger charge is -2.26. The van der Waals surface area contributed by atoms with Crippen molar-refractivity contribution in [1.82, 2.24) is 9.88 Å². The van der Waals surface area contributed by atoms with Gasteiger partial charge in [-0.15, -0.1) is 11.3 Å². The molecular weight excluding hydrogens is 306 g/mol. The molecule has 0 unspecified atom stereocenters.